The molecule has 3 N–H and O–H groups in total. The molecule has 0 amide bonds. The largest absolute Gasteiger partial charge is 0.507 e. The number of benzene rings is 2. The molecule has 2 heterocycles. The molecule has 0 fully saturated rings. The van der Waals surface area contributed by atoms with E-state index < -0.39 is 17.1 Å². The Labute approximate surface area is 167 Å². The summed E-state index contributed by atoms with van der Waals surface area (Å²) >= 11 is 0. The Morgan fingerprint density at radius 2 is 1.97 bits per heavy atom. The summed E-state index contributed by atoms with van der Waals surface area (Å²) < 4.78 is 12.0. The smallest absolute Gasteiger partial charge is 0.204 e. The lowest BCUT2D eigenvalue weighted by Crippen LogP contribution is -2.29. The number of para-hydroxylation sites is 1. The van der Waals surface area contributed by atoms with E-state index in [4.69, 9.17) is 9.15 Å². The number of aliphatic hydroxyl groups excluding tert-OH is 1. The normalized spacial score (nSPS) is 15.9. The molecular weight excluding hydrogens is 372 g/mol. The molecule has 0 radical (unpaired) electrons. The average Bonchev–Trinajstić information content (AvgIpc) is 2.64. The number of hydrogen-bond acceptors (Lipinski definition) is 6. The maximum Gasteiger partial charge on any atom is 0.204 e. The fourth-order valence-electron chi connectivity index (χ4n) is 3.54. The van der Waals surface area contributed by atoms with Gasteiger partial charge in [0.1, 0.15) is 22.5 Å². The number of phenols is 2. The molecule has 0 bridgehead atoms. The number of rotatable bonds is 3. The standard InChI is InChI=1S/C23H22O6/c1-11(2)16(25)10-14-19(27)17-18(26)12-6-5-7-15(24)21(12)28-22(17)13-8-9-23(3,4)29-20(13)14/h5-9,16,24-25,27H,1,10H2,2-4H3. The first-order chi connectivity index (χ1) is 13.6. The van der Waals surface area contributed by atoms with Crippen molar-refractivity contribution in [3.05, 3.63) is 57.8 Å². The van der Waals surface area contributed by atoms with E-state index >= 15 is 0 Å². The highest BCUT2D eigenvalue weighted by atomic mass is 16.5. The minimum atomic E-state index is -0.920. The topological polar surface area (TPSA) is 100 Å². The monoisotopic (exact) mass is 394 g/mol. The summed E-state index contributed by atoms with van der Waals surface area (Å²) in [4.78, 5) is 13.2. The third-order valence-corrected chi connectivity index (χ3v) is 5.17. The number of phenolic OH excluding ortho intramolecular Hbond substituents is 2. The van der Waals surface area contributed by atoms with Gasteiger partial charge in [-0.15, -0.1) is 0 Å². The van der Waals surface area contributed by atoms with Crippen molar-refractivity contribution in [1.29, 1.82) is 0 Å². The highest BCUT2D eigenvalue weighted by molar-refractivity contribution is 6.01. The first-order valence-electron chi connectivity index (χ1n) is 9.28. The lowest BCUT2D eigenvalue weighted by Gasteiger charge is -2.30. The highest BCUT2D eigenvalue weighted by Crippen LogP contribution is 2.45. The maximum absolute atomic E-state index is 13.2. The first kappa shape index (κ1) is 19.1. The summed E-state index contributed by atoms with van der Waals surface area (Å²) in [5.74, 6) is -0.137. The van der Waals surface area contributed by atoms with E-state index in [1.807, 2.05) is 19.9 Å². The zero-order chi connectivity index (χ0) is 21.1. The molecule has 1 aromatic heterocycles. The second-order valence-electron chi connectivity index (χ2n) is 7.96. The van der Waals surface area contributed by atoms with Crippen molar-refractivity contribution in [1.82, 2.24) is 0 Å². The van der Waals surface area contributed by atoms with Gasteiger partial charge < -0.3 is 24.5 Å². The van der Waals surface area contributed by atoms with Crippen LogP contribution in [0.4, 0.5) is 0 Å². The van der Waals surface area contributed by atoms with E-state index in [9.17, 15) is 20.1 Å². The van der Waals surface area contributed by atoms with Gasteiger partial charge in [0.15, 0.2) is 16.9 Å². The lowest BCUT2D eigenvalue weighted by molar-refractivity contribution is 0.153. The van der Waals surface area contributed by atoms with Gasteiger partial charge in [0, 0.05) is 12.0 Å². The molecule has 6 heteroatoms. The average molecular weight is 394 g/mol. The van der Waals surface area contributed by atoms with Crippen LogP contribution in [-0.4, -0.2) is 27.0 Å². The van der Waals surface area contributed by atoms with Crippen LogP contribution in [0.25, 0.3) is 28.0 Å². The predicted octanol–water partition coefficient (Wildman–Crippen LogP) is 4.02. The molecule has 29 heavy (non-hydrogen) atoms. The third kappa shape index (κ3) is 2.96. The first-order valence-corrected chi connectivity index (χ1v) is 9.28. The fraction of sp³-hybridized carbons (Fsp3) is 0.261. The second-order valence-corrected chi connectivity index (χ2v) is 7.96. The quantitative estimate of drug-likeness (QED) is 0.458. The third-order valence-electron chi connectivity index (χ3n) is 5.17. The van der Waals surface area contributed by atoms with E-state index in [0.717, 1.165) is 0 Å². The summed E-state index contributed by atoms with van der Waals surface area (Å²) in [6, 6.07) is 4.49. The van der Waals surface area contributed by atoms with E-state index in [1.165, 1.54) is 18.2 Å². The van der Waals surface area contributed by atoms with Crippen LogP contribution in [0, 0.1) is 0 Å². The molecule has 1 aliphatic rings. The van der Waals surface area contributed by atoms with Crippen LogP contribution >= 0.6 is 0 Å². The van der Waals surface area contributed by atoms with Crippen molar-refractivity contribution >= 4 is 28.0 Å². The van der Waals surface area contributed by atoms with Gasteiger partial charge in [0.2, 0.25) is 5.43 Å². The molecule has 3 aromatic rings. The number of aliphatic hydroxyl groups is 1. The summed E-state index contributed by atoms with van der Waals surface area (Å²) in [6.07, 6.45) is 2.70. The molecule has 0 saturated heterocycles. The molecule has 4 rings (SSSR count). The fourth-order valence-corrected chi connectivity index (χ4v) is 3.54. The molecule has 1 unspecified atom stereocenters. The van der Waals surface area contributed by atoms with Crippen LogP contribution in [0.5, 0.6) is 17.2 Å². The van der Waals surface area contributed by atoms with Gasteiger partial charge in [-0.2, -0.15) is 0 Å². The summed E-state index contributed by atoms with van der Waals surface area (Å²) in [7, 11) is 0. The van der Waals surface area contributed by atoms with Gasteiger partial charge in [0.05, 0.1) is 17.1 Å². The predicted molar refractivity (Wildman–Crippen MR) is 112 cm³/mol. The molecule has 1 aliphatic heterocycles. The molecule has 0 spiro atoms. The van der Waals surface area contributed by atoms with Crippen LogP contribution in [0.1, 0.15) is 31.9 Å². The Kier molecular flexibility index (Phi) is 4.20. The van der Waals surface area contributed by atoms with E-state index in [2.05, 4.69) is 6.58 Å². The molecular formula is C23H22O6. The van der Waals surface area contributed by atoms with Gasteiger partial charge >= 0.3 is 0 Å². The molecule has 2 aromatic carbocycles. The lowest BCUT2D eigenvalue weighted by atomic mass is 9.92. The van der Waals surface area contributed by atoms with E-state index in [-0.39, 0.29) is 39.9 Å². The van der Waals surface area contributed by atoms with Gasteiger partial charge in [-0.1, -0.05) is 18.2 Å². The second kappa shape index (κ2) is 6.39. The summed E-state index contributed by atoms with van der Waals surface area (Å²) in [6.45, 7) is 9.16. The zero-order valence-corrected chi connectivity index (χ0v) is 16.4. The van der Waals surface area contributed by atoms with Crippen molar-refractivity contribution in [2.45, 2.75) is 38.9 Å². The molecule has 150 valence electrons. The summed E-state index contributed by atoms with van der Waals surface area (Å²) in [5, 5.41) is 31.7. The number of fused-ring (bicyclic) bond motifs is 4. The SMILES string of the molecule is C=C(C)C(O)Cc1c2c(c3oc4c(O)cccc4c(=O)c3c1O)C=CC(C)(C)O2. The van der Waals surface area contributed by atoms with Gasteiger partial charge in [-0.25, -0.2) is 0 Å². The number of ether oxygens (including phenoxy) is 1. The van der Waals surface area contributed by atoms with Crippen LogP contribution in [-0.2, 0) is 6.42 Å². The van der Waals surface area contributed by atoms with Crippen molar-refractivity contribution in [2.75, 3.05) is 0 Å². The number of aromatic hydroxyl groups is 2. The zero-order valence-electron chi connectivity index (χ0n) is 16.4. The summed E-state index contributed by atoms with van der Waals surface area (Å²) in [5.41, 5.74) is 0.350. The minimum Gasteiger partial charge on any atom is -0.507 e. The Morgan fingerprint density at radius 3 is 2.66 bits per heavy atom. The van der Waals surface area contributed by atoms with Gasteiger partial charge in [-0.3, -0.25) is 4.79 Å². The molecule has 1 atom stereocenters. The Morgan fingerprint density at radius 1 is 1.24 bits per heavy atom. The van der Waals surface area contributed by atoms with Crippen LogP contribution in [0.2, 0.25) is 0 Å². The highest BCUT2D eigenvalue weighted by Gasteiger charge is 2.31. The van der Waals surface area contributed by atoms with Gasteiger partial charge in [0.25, 0.3) is 0 Å². The van der Waals surface area contributed by atoms with Crippen molar-refractivity contribution in [2.24, 2.45) is 0 Å². The van der Waals surface area contributed by atoms with E-state index in [0.29, 0.717) is 22.4 Å². The van der Waals surface area contributed by atoms with E-state index in [1.54, 1.807) is 13.0 Å². The van der Waals surface area contributed by atoms with Crippen molar-refractivity contribution < 1.29 is 24.5 Å². The molecule has 6 nitrogen and oxygen atoms in total. The minimum absolute atomic E-state index is 0.0151. The van der Waals surface area contributed by atoms with Crippen molar-refractivity contribution in [3.8, 4) is 17.2 Å². The van der Waals surface area contributed by atoms with Crippen LogP contribution in [0.3, 0.4) is 0 Å². The molecule has 0 saturated carbocycles. The molecule has 0 aliphatic carbocycles. The number of hydrogen-bond donors (Lipinski definition) is 3. The Balaban J connectivity index is 2.16. The van der Waals surface area contributed by atoms with Crippen LogP contribution < -0.4 is 10.2 Å². The maximum atomic E-state index is 13.2. The Hall–Kier alpha value is -3.25. The van der Waals surface area contributed by atoms with Gasteiger partial charge in [-0.05, 0) is 45.1 Å². The Bertz CT molecular complexity index is 1260. The van der Waals surface area contributed by atoms with Crippen molar-refractivity contribution in [3.63, 3.8) is 0 Å². The van der Waals surface area contributed by atoms with Crippen LogP contribution in [0.15, 0.2) is 45.6 Å².